The fraction of sp³-hybridized carbons (Fsp3) is 0.450. The van der Waals surface area contributed by atoms with Crippen molar-refractivity contribution in [2.45, 2.75) is 43.9 Å². The molecule has 1 saturated carbocycles. The molecule has 0 radical (unpaired) electrons. The van der Waals surface area contributed by atoms with Gasteiger partial charge in [0.05, 0.1) is 11.3 Å². The van der Waals surface area contributed by atoms with Crippen LogP contribution in [0.4, 0.5) is 23.7 Å². The minimum Gasteiger partial charge on any atom is -0.479 e. The van der Waals surface area contributed by atoms with Gasteiger partial charge in [-0.3, -0.25) is 4.68 Å². The van der Waals surface area contributed by atoms with Crippen molar-refractivity contribution in [3.63, 3.8) is 0 Å². The van der Waals surface area contributed by atoms with Crippen molar-refractivity contribution in [1.82, 2.24) is 14.7 Å². The second-order valence-corrected chi connectivity index (χ2v) is 8.17. The van der Waals surface area contributed by atoms with E-state index >= 15 is 0 Å². The summed E-state index contributed by atoms with van der Waals surface area (Å²) in [6.07, 6.45) is -1.60. The van der Waals surface area contributed by atoms with Gasteiger partial charge in [-0.1, -0.05) is 6.92 Å². The number of carboxylic acids is 1. The number of nitrogens with one attached hydrogen (secondary N) is 1. The van der Waals surface area contributed by atoms with Crippen LogP contribution in [0.1, 0.15) is 31.7 Å². The van der Waals surface area contributed by atoms with E-state index in [1.807, 2.05) is 6.92 Å². The number of hydrogen-bond acceptors (Lipinski definition) is 3. The molecule has 0 spiro atoms. The Kier molecular flexibility index (Phi) is 4.55. The molecule has 2 aliphatic heterocycles. The first-order valence-electron chi connectivity index (χ1n) is 9.56. The van der Waals surface area contributed by atoms with Gasteiger partial charge in [-0.25, -0.2) is 9.59 Å². The van der Waals surface area contributed by atoms with E-state index in [-0.39, 0.29) is 28.9 Å². The number of carboxylic acid groups (broad SMARTS) is 1. The zero-order valence-corrected chi connectivity index (χ0v) is 16.4. The molecule has 3 heterocycles. The van der Waals surface area contributed by atoms with Crippen LogP contribution in [-0.2, 0) is 18.0 Å². The number of carbonyl (C=O) groups is 2. The molecule has 3 aliphatic rings. The number of benzene rings is 1. The third-order valence-corrected chi connectivity index (χ3v) is 5.94. The Labute approximate surface area is 170 Å². The van der Waals surface area contributed by atoms with Crippen LogP contribution in [0.3, 0.4) is 0 Å². The smallest absolute Gasteiger partial charge is 0.417 e. The number of fused-ring (bicyclic) bond motifs is 2. The summed E-state index contributed by atoms with van der Waals surface area (Å²) in [5, 5.41) is 16.3. The quantitative estimate of drug-likeness (QED) is 0.784. The summed E-state index contributed by atoms with van der Waals surface area (Å²) in [4.78, 5) is 26.1. The highest BCUT2D eigenvalue weighted by atomic mass is 19.4. The molecular weight excluding hydrogens is 401 g/mol. The summed E-state index contributed by atoms with van der Waals surface area (Å²) in [7, 11) is 1.59. The van der Waals surface area contributed by atoms with Crippen LogP contribution in [0.25, 0.3) is 11.3 Å². The van der Waals surface area contributed by atoms with Crippen molar-refractivity contribution >= 4 is 17.7 Å². The SMILES string of the molecule is CC1CC2CC(C(=O)O)(C1)N2C(=O)Nc1ccc(C(F)(F)F)c(-c2ccn(C)n2)c1. The van der Waals surface area contributed by atoms with E-state index in [4.69, 9.17) is 0 Å². The van der Waals surface area contributed by atoms with Crippen molar-refractivity contribution < 1.29 is 27.9 Å². The summed E-state index contributed by atoms with van der Waals surface area (Å²) in [5.74, 6) is -0.868. The largest absolute Gasteiger partial charge is 0.479 e. The van der Waals surface area contributed by atoms with Gasteiger partial charge in [0.1, 0.15) is 5.54 Å². The fourth-order valence-corrected chi connectivity index (χ4v) is 4.77. The zero-order valence-electron chi connectivity index (χ0n) is 16.4. The lowest BCUT2D eigenvalue weighted by Gasteiger charge is -2.60. The minimum absolute atomic E-state index is 0.123. The molecular formula is C20H21F3N4O3. The number of halogens is 3. The fourth-order valence-electron chi connectivity index (χ4n) is 4.77. The van der Waals surface area contributed by atoms with E-state index in [1.54, 1.807) is 7.05 Å². The standard InChI is InChI=1S/C20H21F3N4O3/c1-11-7-13-10-19(9-11,17(28)29)27(13)18(30)24-12-3-4-15(20(21,22)23)14(8-12)16-5-6-26(2)25-16/h3-6,8,11,13H,7,9-10H2,1-2H3,(H,24,30)(H,28,29). The number of urea groups is 1. The zero-order chi connectivity index (χ0) is 21.8. The Morgan fingerprint density at radius 1 is 1.27 bits per heavy atom. The number of carbonyl (C=O) groups excluding carboxylic acids is 1. The topological polar surface area (TPSA) is 87.5 Å². The lowest BCUT2D eigenvalue weighted by Crippen LogP contribution is -2.75. The maximum atomic E-state index is 13.5. The number of anilines is 1. The first-order valence-corrected chi connectivity index (χ1v) is 9.56. The highest BCUT2D eigenvalue weighted by molar-refractivity contribution is 5.96. The maximum absolute atomic E-state index is 13.5. The molecule has 2 bridgehead atoms. The van der Waals surface area contributed by atoms with E-state index in [1.165, 1.54) is 34.0 Å². The van der Waals surface area contributed by atoms with Gasteiger partial charge in [-0.05, 0) is 43.0 Å². The second-order valence-electron chi connectivity index (χ2n) is 8.17. The van der Waals surface area contributed by atoms with Crippen LogP contribution < -0.4 is 5.32 Å². The van der Waals surface area contributed by atoms with Gasteiger partial charge in [0.15, 0.2) is 0 Å². The molecule has 3 fully saturated rings. The molecule has 5 rings (SSSR count). The number of aromatic nitrogens is 2. The van der Waals surface area contributed by atoms with Gasteiger partial charge in [-0.2, -0.15) is 18.3 Å². The van der Waals surface area contributed by atoms with Crippen LogP contribution in [0, 0.1) is 5.92 Å². The number of aliphatic carboxylic acids is 1. The van der Waals surface area contributed by atoms with Gasteiger partial charge in [0.25, 0.3) is 0 Å². The van der Waals surface area contributed by atoms with E-state index in [0.29, 0.717) is 19.3 Å². The normalized spacial score (nSPS) is 25.6. The number of hydrogen-bond donors (Lipinski definition) is 2. The maximum Gasteiger partial charge on any atom is 0.417 e. The van der Waals surface area contributed by atoms with Crippen LogP contribution in [-0.4, -0.2) is 43.4 Å². The predicted octanol–water partition coefficient (Wildman–Crippen LogP) is 3.97. The molecule has 1 aliphatic carbocycles. The summed E-state index contributed by atoms with van der Waals surface area (Å²) in [5.41, 5.74) is -2.01. The Balaban J connectivity index is 1.64. The molecule has 7 nitrogen and oxygen atoms in total. The van der Waals surface area contributed by atoms with Crippen LogP contribution in [0.5, 0.6) is 0 Å². The van der Waals surface area contributed by atoms with Crippen molar-refractivity contribution in [2.75, 3.05) is 5.32 Å². The number of alkyl halides is 3. The van der Waals surface area contributed by atoms with Gasteiger partial charge < -0.3 is 15.3 Å². The Morgan fingerprint density at radius 3 is 2.60 bits per heavy atom. The molecule has 2 aromatic rings. The van der Waals surface area contributed by atoms with Crippen molar-refractivity contribution in [3.8, 4) is 11.3 Å². The first kappa shape index (κ1) is 20.2. The van der Waals surface area contributed by atoms with Crippen LogP contribution in [0.15, 0.2) is 30.5 Å². The minimum atomic E-state index is -4.59. The van der Waals surface area contributed by atoms with Crippen molar-refractivity contribution in [3.05, 3.63) is 36.0 Å². The first-order chi connectivity index (χ1) is 14.0. The number of aryl methyl sites for hydroxylation is 1. The van der Waals surface area contributed by atoms with Crippen LogP contribution in [0.2, 0.25) is 0 Å². The third-order valence-electron chi connectivity index (χ3n) is 5.94. The highest BCUT2D eigenvalue weighted by Crippen LogP contribution is 2.50. The molecule has 1 aromatic carbocycles. The molecule has 160 valence electrons. The monoisotopic (exact) mass is 422 g/mol. The van der Waals surface area contributed by atoms with E-state index in [9.17, 15) is 27.9 Å². The van der Waals surface area contributed by atoms with E-state index in [0.717, 1.165) is 6.07 Å². The molecule has 2 amide bonds. The number of nitrogens with zero attached hydrogens (tertiary/aromatic N) is 3. The van der Waals surface area contributed by atoms with E-state index in [2.05, 4.69) is 10.4 Å². The molecule has 10 heteroatoms. The summed E-state index contributed by atoms with van der Waals surface area (Å²) in [6, 6.07) is 3.93. The van der Waals surface area contributed by atoms with Gasteiger partial charge in [-0.15, -0.1) is 0 Å². The summed E-state index contributed by atoms with van der Waals surface area (Å²) in [6.45, 7) is 1.95. The Bertz CT molecular complexity index is 1020. The predicted molar refractivity (Wildman–Crippen MR) is 102 cm³/mol. The van der Waals surface area contributed by atoms with Gasteiger partial charge in [0.2, 0.25) is 0 Å². The molecule has 1 aromatic heterocycles. The van der Waals surface area contributed by atoms with Crippen LogP contribution >= 0.6 is 0 Å². The van der Waals surface area contributed by atoms with Crippen molar-refractivity contribution in [2.24, 2.45) is 13.0 Å². The average molecular weight is 422 g/mol. The molecule has 3 atom stereocenters. The molecule has 2 saturated heterocycles. The molecule has 2 N–H and O–H groups in total. The summed E-state index contributed by atoms with van der Waals surface area (Å²) >= 11 is 0. The highest BCUT2D eigenvalue weighted by Gasteiger charge is 2.63. The Hall–Kier alpha value is -3.04. The second kappa shape index (κ2) is 6.75. The van der Waals surface area contributed by atoms with E-state index < -0.39 is 29.3 Å². The molecule has 30 heavy (non-hydrogen) atoms. The number of piperidine rings is 1. The molecule has 3 unspecified atom stereocenters. The van der Waals surface area contributed by atoms with Crippen molar-refractivity contribution in [1.29, 1.82) is 0 Å². The lowest BCUT2D eigenvalue weighted by atomic mass is 9.64. The third kappa shape index (κ3) is 3.20. The average Bonchev–Trinajstić information content (AvgIpc) is 3.06. The number of amides is 2. The number of rotatable bonds is 3. The summed E-state index contributed by atoms with van der Waals surface area (Å²) < 4.78 is 41.8. The Morgan fingerprint density at radius 2 is 2.00 bits per heavy atom. The van der Waals surface area contributed by atoms with Gasteiger partial charge >= 0.3 is 18.2 Å². The van der Waals surface area contributed by atoms with Gasteiger partial charge in [0, 0.05) is 37.0 Å². The lowest BCUT2D eigenvalue weighted by molar-refractivity contribution is -0.173.